The summed E-state index contributed by atoms with van der Waals surface area (Å²) >= 11 is 0. The van der Waals surface area contributed by atoms with Gasteiger partial charge in [0.15, 0.2) is 0 Å². The highest BCUT2D eigenvalue weighted by molar-refractivity contribution is 5.69. The van der Waals surface area contributed by atoms with Crippen molar-refractivity contribution < 1.29 is 23.8 Å². The fourth-order valence-electron chi connectivity index (χ4n) is 6.53. The average molecular weight is 739 g/mol. The molecule has 5 heteroatoms. The van der Waals surface area contributed by atoms with Crippen molar-refractivity contribution in [2.45, 2.75) is 265 Å². The highest BCUT2D eigenvalue weighted by Gasteiger charge is 2.04. The van der Waals surface area contributed by atoms with Gasteiger partial charge in [0.1, 0.15) is 6.61 Å². The third-order valence-electron chi connectivity index (χ3n) is 10.1. The molecule has 0 atom stereocenters. The smallest absolute Gasteiger partial charge is 0.305 e. The molecule has 312 valence electrons. The van der Waals surface area contributed by atoms with Crippen molar-refractivity contribution in [3.63, 3.8) is 0 Å². The number of hydrogen-bond acceptors (Lipinski definition) is 5. The summed E-state index contributed by atoms with van der Waals surface area (Å²) in [4.78, 5) is 23.1. The molecule has 0 radical (unpaired) electrons. The number of carbonyl (C=O) groups is 2. The van der Waals surface area contributed by atoms with E-state index >= 15 is 0 Å². The number of carbonyl (C=O) groups excluding carboxylic acids is 2. The predicted molar refractivity (Wildman–Crippen MR) is 226 cm³/mol. The first kappa shape index (κ1) is 53.0. The first-order valence-corrected chi connectivity index (χ1v) is 23.5. The van der Waals surface area contributed by atoms with E-state index in [0.717, 1.165) is 51.6 Å². The van der Waals surface area contributed by atoms with Crippen LogP contribution in [-0.4, -0.2) is 38.4 Å². The lowest BCUT2D eigenvalue weighted by molar-refractivity contribution is -0.145. The van der Waals surface area contributed by atoms with Crippen LogP contribution in [0.25, 0.3) is 0 Å². The number of rotatable bonds is 42. The highest BCUT2D eigenvalue weighted by Crippen LogP contribution is 2.15. The summed E-state index contributed by atoms with van der Waals surface area (Å²) in [5.41, 5.74) is 0. The summed E-state index contributed by atoms with van der Waals surface area (Å²) in [5, 5.41) is 0. The Hall–Kier alpha value is -1.10. The molecule has 0 aliphatic carbocycles. The topological polar surface area (TPSA) is 61.8 Å². The van der Waals surface area contributed by atoms with Gasteiger partial charge < -0.3 is 14.2 Å². The Morgan fingerprint density at radius 2 is 0.538 bits per heavy atom. The summed E-state index contributed by atoms with van der Waals surface area (Å²) in [7, 11) is 0. The zero-order valence-corrected chi connectivity index (χ0v) is 36.0. The maximum Gasteiger partial charge on any atom is 0.305 e. The Morgan fingerprint density at radius 3 is 0.865 bits per heavy atom. The molecular formula is C47H94O5. The zero-order valence-electron chi connectivity index (χ0n) is 36.0. The molecule has 0 aliphatic heterocycles. The number of esters is 2. The Balaban J connectivity index is 0. The van der Waals surface area contributed by atoms with Crippen LogP contribution in [0, 0.1) is 0 Å². The van der Waals surface area contributed by atoms with Crippen molar-refractivity contribution in [2.24, 2.45) is 0 Å². The molecule has 0 aromatic carbocycles. The van der Waals surface area contributed by atoms with E-state index in [9.17, 15) is 9.59 Å². The quantitative estimate of drug-likeness (QED) is 0.0461. The molecule has 0 fully saturated rings. The number of hydrogen-bond donors (Lipinski definition) is 0. The maximum absolute atomic E-state index is 11.6. The second kappa shape index (κ2) is 49.9. The van der Waals surface area contributed by atoms with Gasteiger partial charge in [0.2, 0.25) is 0 Å². The molecule has 0 saturated carbocycles. The molecule has 0 amide bonds. The average Bonchev–Trinajstić information content (AvgIpc) is 3.15. The lowest BCUT2D eigenvalue weighted by Crippen LogP contribution is -2.10. The Kier molecular flexibility index (Phi) is 50.9. The van der Waals surface area contributed by atoms with Crippen molar-refractivity contribution in [1.82, 2.24) is 0 Å². The molecule has 5 nitrogen and oxygen atoms in total. The minimum Gasteiger partial charge on any atom is -0.466 e. The second-order valence-electron chi connectivity index (χ2n) is 15.5. The molecule has 0 saturated heterocycles. The lowest BCUT2D eigenvalue weighted by atomic mass is 10.0. The van der Waals surface area contributed by atoms with E-state index in [-0.39, 0.29) is 11.9 Å². The normalized spacial score (nSPS) is 11.0. The third-order valence-corrected chi connectivity index (χ3v) is 10.1. The van der Waals surface area contributed by atoms with Crippen LogP contribution < -0.4 is 0 Å². The summed E-state index contributed by atoms with van der Waals surface area (Å²) in [6.07, 6.45) is 47.3. The van der Waals surface area contributed by atoms with Gasteiger partial charge in [0.05, 0.1) is 13.2 Å². The van der Waals surface area contributed by atoms with Crippen LogP contribution in [0.1, 0.15) is 265 Å². The molecule has 0 spiro atoms. The minimum absolute atomic E-state index is 0.00537. The van der Waals surface area contributed by atoms with Crippen molar-refractivity contribution in [1.29, 1.82) is 0 Å². The van der Waals surface area contributed by atoms with E-state index < -0.39 is 0 Å². The standard InChI is InChI=1S/C24H48O3.C23H46O2/c1-3-5-7-8-9-10-11-12-13-14-15-16-17-18-19-20-24(25)27-23-22-26-21-6-4-2;1-3-5-7-8-9-10-11-12-13-14-15-16-17-18-19-21-23(24)25-22-20-6-4-2/h3-23H2,1-2H3;3-22H2,1-2H3. The molecule has 52 heavy (non-hydrogen) atoms. The molecule has 0 N–H and O–H groups in total. The van der Waals surface area contributed by atoms with Crippen LogP contribution in [0.3, 0.4) is 0 Å². The van der Waals surface area contributed by atoms with Crippen molar-refractivity contribution in [3.8, 4) is 0 Å². The van der Waals surface area contributed by atoms with Crippen LogP contribution in [0.5, 0.6) is 0 Å². The number of ether oxygens (including phenoxy) is 3. The number of unbranched alkanes of at least 4 members (excludes halogenated alkanes) is 31. The first-order valence-electron chi connectivity index (χ1n) is 23.5. The van der Waals surface area contributed by atoms with Gasteiger partial charge in [0.25, 0.3) is 0 Å². The fraction of sp³-hybridized carbons (Fsp3) is 0.957. The Bertz CT molecular complexity index is 666. The third kappa shape index (κ3) is 51.0. The van der Waals surface area contributed by atoms with Crippen LogP contribution in [-0.2, 0) is 23.8 Å². The monoisotopic (exact) mass is 739 g/mol. The van der Waals surface area contributed by atoms with Gasteiger partial charge >= 0.3 is 11.9 Å². The SMILES string of the molecule is CCCCCCCCCCCCCCCCCC(=O)OCCCCC.CCCCCCCCCCCCCCCCCC(=O)OCCOCCCC. The summed E-state index contributed by atoms with van der Waals surface area (Å²) in [6, 6.07) is 0. The van der Waals surface area contributed by atoms with Crippen LogP contribution in [0.15, 0.2) is 0 Å². The van der Waals surface area contributed by atoms with Crippen molar-refractivity contribution >= 4 is 11.9 Å². The highest BCUT2D eigenvalue weighted by atomic mass is 16.6. The summed E-state index contributed by atoms with van der Waals surface area (Å²) in [5.74, 6) is -0.0606. The molecule has 0 aromatic rings. The van der Waals surface area contributed by atoms with E-state index in [1.54, 1.807) is 0 Å². The van der Waals surface area contributed by atoms with E-state index in [2.05, 4.69) is 27.7 Å². The zero-order chi connectivity index (χ0) is 38.3. The molecule has 0 bridgehead atoms. The van der Waals surface area contributed by atoms with E-state index in [1.165, 1.54) is 180 Å². The minimum atomic E-state index is -0.0659. The Morgan fingerprint density at radius 1 is 0.269 bits per heavy atom. The molecule has 0 unspecified atom stereocenters. The lowest BCUT2D eigenvalue weighted by Gasteiger charge is -2.06. The van der Waals surface area contributed by atoms with Gasteiger partial charge in [-0.2, -0.15) is 0 Å². The Labute approximate surface area is 326 Å². The first-order chi connectivity index (χ1) is 25.6. The van der Waals surface area contributed by atoms with Gasteiger partial charge in [-0.05, 0) is 25.7 Å². The van der Waals surface area contributed by atoms with Crippen LogP contribution in [0.2, 0.25) is 0 Å². The fourth-order valence-corrected chi connectivity index (χ4v) is 6.53. The van der Waals surface area contributed by atoms with Gasteiger partial charge in [-0.15, -0.1) is 0 Å². The maximum atomic E-state index is 11.6. The summed E-state index contributed by atoms with van der Waals surface area (Å²) < 4.78 is 15.8. The van der Waals surface area contributed by atoms with E-state index in [0.29, 0.717) is 32.7 Å². The molecular weight excluding hydrogens is 645 g/mol. The second-order valence-corrected chi connectivity index (χ2v) is 15.5. The van der Waals surface area contributed by atoms with Crippen molar-refractivity contribution in [2.75, 3.05) is 26.4 Å². The molecule has 0 rings (SSSR count). The predicted octanol–water partition coefficient (Wildman–Crippen LogP) is 15.6. The molecule has 0 aromatic heterocycles. The van der Waals surface area contributed by atoms with Gasteiger partial charge in [-0.1, -0.05) is 227 Å². The largest absolute Gasteiger partial charge is 0.466 e. The van der Waals surface area contributed by atoms with Gasteiger partial charge in [0, 0.05) is 19.4 Å². The van der Waals surface area contributed by atoms with Gasteiger partial charge in [-0.3, -0.25) is 9.59 Å². The van der Waals surface area contributed by atoms with Gasteiger partial charge in [-0.25, -0.2) is 0 Å². The van der Waals surface area contributed by atoms with Crippen LogP contribution >= 0.6 is 0 Å². The van der Waals surface area contributed by atoms with Crippen LogP contribution in [0.4, 0.5) is 0 Å². The van der Waals surface area contributed by atoms with Crippen molar-refractivity contribution in [3.05, 3.63) is 0 Å². The molecule has 0 aliphatic rings. The summed E-state index contributed by atoms with van der Waals surface area (Å²) in [6.45, 7) is 11.2. The molecule has 0 heterocycles. The van der Waals surface area contributed by atoms with E-state index in [1.807, 2.05) is 0 Å². The van der Waals surface area contributed by atoms with E-state index in [4.69, 9.17) is 14.2 Å².